The number of benzene rings is 1. The smallest absolute Gasteiger partial charge is 0.232 e. The van der Waals surface area contributed by atoms with Crippen molar-refractivity contribution in [1.82, 2.24) is 9.97 Å². The molecule has 0 saturated carbocycles. The summed E-state index contributed by atoms with van der Waals surface area (Å²) in [5.41, 5.74) is 0.784. The van der Waals surface area contributed by atoms with Crippen molar-refractivity contribution in [1.29, 1.82) is 0 Å². The number of aromatic amines is 1. The second-order valence-corrected chi connectivity index (χ2v) is 5.07. The molecule has 0 unspecified atom stereocenters. The molecule has 1 aromatic carbocycles. The minimum absolute atomic E-state index is 0.106. The van der Waals surface area contributed by atoms with Crippen molar-refractivity contribution in [3.05, 3.63) is 40.8 Å². The Morgan fingerprint density at radius 1 is 1.47 bits per heavy atom. The molecule has 0 atom stereocenters. The molecule has 0 saturated heterocycles. The monoisotopic (exact) mass is 268 g/mol. The summed E-state index contributed by atoms with van der Waals surface area (Å²) in [4.78, 5) is 8.26. The van der Waals surface area contributed by atoms with E-state index in [9.17, 15) is 5.11 Å². The molecular weight excluding hydrogens is 256 g/mol. The van der Waals surface area contributed by atoms with Gasteiger partial charge in [0.15, 0.2) is 0 Å². The number of halogens is 1. The summed E-state index contributed by atoms with van der Waals surface area (Å²) in [6.07, 6.45) is 0.751. The van der Waals surface area contributed by atoms with Gasteiger partial charge in [-0.15, -0.1) is 11.8 Å². The van der Waals surface area contributed by atoms with Gasteiger partial charge >= 0.3 is 0 Å². The largest absolute Gasteiger partial charge is 0.492 e. The number of nitrogens with one attached hydrogen (secondary N) is 1. The molecule has 0 radical (unpaired) electrons. The number of hydrogen-bond acceptors (Lipinski definition) is 3. The molecule has 0 spiro atoms. The van der Waals surface area contributed by atoms with E-state index in [0.717, 1.165) is 27.9 Å². The summed E-state index contributed by atoms with van der Waals surface area (Å²) < 4.78 is 0. The number of thioether (sulfide) groups is 1. The first-order chi connectivity index (χ1) is 8.19. The molecule has 3 nitrogen and oxygen atoms in total. The first-order valence-corrected chi connectivity index (χ1v) is 6.70. The number of nitrogens with zero attached hydrogens (tertiary/aromatic N) is 1. The highest BCUT2D eigenvalue weighted by Crippen LogP contribution is 2.25. The predicted molar refractivity (Wildman–Crippen MR) is 70.6 cm³/mol. The summed E-state index contributed by atoms with van der Waals surface area (Å²) in [6, 6.07) is 7.68. The van der Waals surface area contributed by atoms with Gasteiger partial charge in [0.1, 0.15) is 5.82 Å². The minimum Gasteiger partial charge on any atom is -0.492 e. The van der Waals surface area contributed by atoms with E-state index in [-0.39, 0.29) is 5.88 Å². The van der Waals surface area contributed by atoms with Crippen LogP contribution >= 0.6 is 23.4 Å². The zero-order valence-corrected chi connectivity index (χ0v) is 11.0. The highest BCUT2D eigenvalue weighted by molar-refractivity contribution is 7.98. The fourth-order valence-electron chi connectivity index (χ4n) is 1.48. The van der Waals surface area contributed by atoms with Gasteiger partial charge in [-0.25, -0.2) is 0 Å². The number of H-pyrrole nitrogens is 1. The molecule has 17 heavy (non-hydrogen) atoms. The highest BCUT2D eigenvalue weighted by atomic mass is 35.5. The average molecular weight is 269 g/mol. The Balaban J connectivity index is 2.02. The minimum atomic E-state index is 0.106. The van der Waals surface area contributed by atoms with Crippen LogP contribution < -0.4 is 0 Å². The van der Waals surface area contributed by atoms with Gasteiger partial charge in [-0.1, -0.05) is 24.6 Å². The number of aromatic nitrogens is 2. The van der Waals surface area contributed by atoms with Crippen LogP contribution in [-0.2, 0) is 12.2 Å². The molecule has 1 heterocycles. The van der Waals surface area contributed by atoms with Crippen LogP contribution in [0.1, 0.15) is 18.4 Å². The fourth-order valence-corrected chi connectivity index (χ4v) is 2.56. The van der Waals surface area contributed by atoms with Gasteiger partial charge in [0.25, 0.3) is 0 Å². The lowest BCUT2D eigenvalue weighted by molar-refractivity contribution is 0.449. The van der Waals surface area contributed by atoms with Crippen molar-refractivity contribution in [2.75, 3.05) is 0 Å². The van der Waals surface area contributed by atoms with Crippen molar-refractivity contribution in [2.24, 2.45) is 0 Å². The average Bonchev–Trinajstić information content (AvgIpc) is 2.67. The first kappa shape index (κ1) is 12.3. The third-order valence-electron chi connectivity index (χ3n) is 2.33. The predicted octanol–water partition coefficient (Wildman–Crippen LogP) is 3.62. The van der Waals surface area contributed by atoms with Crippen molar-refractivity contribution in [2.45, 2.75) is 24.0 Å². The number of hydrogen-bond donors (Lipinski definition) is 2. The van der Waals surface area contributed by atoms with Gasteiger partial charge in [-0.2, -0.15) is 4.98 Å². The van der Waals surface area contributed by atoms with E-state index in [1.165, 1.54) is 0 Å². The van der Waals surface area contributed by atoms with Crippen molar-refractivity contribution in [3.63, 3.8) is 0 Å². The molecular formula is C12H13ClN2OS. The summed E-state index contributed by atoms with van der Waals surface area (Å²) in [5.74, 6) is 1.58. The van der Waals surface area contributed by atoms with Crippen LogP contribution in [0.4, 0.5) is 0 Å². The molecule has 2 aromatic rings. The van der Waals surface area contributed by atoms with Crippen LogP contribution in [-0.4, -0.2) is 15.1 Å². The van der Waals surface area contributed by atoms with E-state index in [1.807, 2.05) is 31.2 Å². The second kappa shape index (κ2) is 5.47. The zero-order chi connectivity index (χ0) is 12.3. The van der Waals surface area contributed by atoms with Crippen molar-refractivity contribution in [3.8, 4) is 5.88 Å². The van der Waals surface area contributed by atoms with Crippen LogP contribution in [0.5, 0.6) is 5.88 Å². The van der Waals surface area contributed by atoms with E-state index in [2.05, 4.69) is 9.97 Å². The Hall–Kier alpha value is -1.13. The Labute approximate surface area is 109 Å². The van der Waals surface area contributed by atoms with Crippen molar-refractivity contribution >= 4 is 23.4 Å². The van der Waals surface area contributed by atoms with Gasteiger partial charge in [-0.3, -0.25) is 0 Å². The summed E-state index contributed by atoms with van der Waals surface area (Å²) >= 11 is 7.53. The summed E-state index contributed by atoms with van der Waals surface area (Å²) in [5, 5.41) is 10.2. The normalized spacial score (nSPS) is 10.7. The lowest BCUT2D eigenvalue weighted by atomic mass is 10.4. The summed E-state index contributed by atoms with van der Waals surface area (Å²) in [6.45, 7) is 1.97. The summed E-state index contributed by atoms with van der Waals surface area (Å²) in [7, 11) is 0. The quantitative estimate of drug-likeness (QED) is 0.833. The topological polar surface area (TPSA) is 48.9 Å². The van der Waals surface area contributed by atoms with Crippen LogP contribution in [0.25, 0.3) is 0 Å². The molecule has 0 aliphatic rings. The molecule has 0 aliphatic heterocycles. The maximum absolute atomic E-state index is 9.50. The van der Waals surface area contributed by atoms with Gasteiger partial charge in [0.05, 0.1) is 11.4 Å². The maximum Gasteiger partial charge on any atom is 0.232 e. The fraction of sp³-hybridized carbons (Fsp3) is 0.250. The van der Waals surface area contributed by atoms with Crippen molar-refractivity contribution < 1.29 is 5.11 Å². The first-order valence-electron chi connectivity index (χ1n) is 5.34. The third-order valence-corrected chi connectivity index (χ3v) is 3.57. The van der Waals surface area contributed by atoms with Gasteiger partial charge in [0.2, 0.25) is 5.88 Å². The van der Waals surface area contributed by atoms with Crippen LogP contribution in [0.3, 0.4) is 0 Å². The molecule has 0 aliphatic carbocycles. The number of aryl methyl sites for hydroxylation is 1. The Morgan fingerprint density at radius 3 is 2.94 bits per heavy atom. The number of imidazole rings is 1. The number of rotatable bonds is 4. The van der Waals surface area contributed by atoms with E-state index < -0.39 is 0 Å². The van der Waals surface area contributed by atoms with E-state index >= 15 is 0 Å². The molecule has 1 aromatic heterocycles. The SMILES string of the molecule is CCc1[nH]c(CSc2cccc(Cl)c2)nc1O. The molecule has 0 amide bonds. The zero-order valence-electron chi connectivity index (χ0n) is 9.40. The highest BCUT2D eigenvalue weighted by Gasteiger charge is 2.07. The van der Waals surface area contributed by atoms with E-state index in [1.54, 1.807) is 11.8 Å². The van der Waals surface area contributed by atoms with Crippen LogP contribution in [0.2, 0.25) is 5.02 Å². The lowest BCUT2D eigenvalue weighted by Crippen LogP contribution is -1.85. The standard InChI is InChI=1S/C12H13ClN2OS/c1-2-10-12(16)15-11(14-10)7-17-9-5-3-4-8(13)6-9/h3-6,16H,2,7H2,1H3,(H,14,15). The Kier molecular flexibility index (Phi) is 3.97. The van der Waals surface area contributed by atoms with Crippen LogP contribution in [0, 0.1) is 0 Å². The maximum atomic E-state index is 9.50. The van der Waals surface area contributed by atoms with Crippen LogP contribution in [0.15, 0.2) is 29.2 Å². The van der Waals surface area contributed by atoms with Gasteiger partial charge < -0.3 is 10.1 Å². The Morgan fingerprint density at radius 2 is 2.29 bits per heavy atom. The Bertz CT molecular complexity index is 513. The molecule has 0 bridgehead atoms. The second-order valence-electron chi connectivity index (χ2n) is 3.59. The molecule has 90 valence electrons. The molecule has 5 heteroatoms. The third kappa shape index (κ3) is 3.17. The molecule has 2 N–H and O–H groups in total. The van der Waals surface area contributed by atoms with E-state index in [0.29, 0.717) is 5.75 Å². The molecule has 0 fully saturated rings. The lowest BCUT2D eigenvalue weighted by Gasteiger charge is -1.99. The van der Waals surface area contributed by atoms with Gasteiger partial charge in [-0.05, 0) is 24.6 Å². The van der Waals surface area contributed by atoms with E-state index in [4.69, 9.17) is 11.6 Å². The number of aromatic hydroxyl groups is 1. The molecule has 2 rings (SSSR count). The van der Waals surface area contributed by atoms with Gasteiger partial charge in [0, 0.05) is 9.92 Å².